The van der Waals surface area contributed by atoms with E-state index in [1.165, 1.54) is 4.90 Å². The summed E-state index contributed by atoms with van der Waals surface area (Å²) in [4.78, 5) is 35.9. The van der Waals surface area contributed by atoms with Crippen LogP contribution in [0.2, 0.25) is 0 Å². The summed E-state index contributed by atoms with van der Waals surface area (Å²) >= 11 is 0. The second-order valence-corrected chi connectivity index (χ2v) is 6.34. The second-order valence-electron chi connectivity index (χ2n) is 6.34. The Labute approximate surface area is 106 Å². The number of rotatable bonds is 1. The van der Waals surface area contributed by atoms with E-state index >= 15 is 0 Å². The maximum atomic E-state index is 11.9. The number of carbonyl (C=O) groups excluding carboxylic acids is 3. The molecule has 1 aliphatic heterocycles. The minimum absolute atomic E-state index is 0.111. The minimum Gasteiger partial charge on any atom is -0.444 e. The lowest BCUT2D eigenvalue weighted by atomic mass is 9.77. The smallest absolute Gasteiger partial charge is 0.410 e. The first-order valence-corrected chi connectivity index (χ1v) is 6.22. The summed E-state index contributed by atoms with van der Waals surface area (Å²) in [5.74, 6) is -0.0577. The number of ether oxygens (including phenoxy) is 1. The first-order valence-electron chi connectivity index (χ1n) is 6.22. The number of amides is 1. The van der Waals surface area contributed by atoms with E-state index in [0.717, 1.165) is 6.29 Å². The Morgan fingerprint density at radius 2 is 2.06 bits per heavy atom. The van der Waals surface area contributed by atoms with E-state index in [9.17, 15) is 14.4 Å². The molecule has 1 spiro atoms. The molecule has 1 saturated carbocycles. The van der Waals surface area contributed by atoms with Gasteiger partial charge in [-0.3, -0.25) is 4.79 Å². The molecule has 0 N–H and O–H groups in total. The largest absolute Gasteiger partial charge is 0.444 e. The summed E-state index contributed by atoms with van der Waals surface area (Å²) in [6.07, 6.45) is 1.37. The summed E-state index contributed by atoms with van der Waals surface area (Å²) in [6.45, 7) is 6.22. The number of carbonyl (C=O) groups is 3. The Balaban J connectivity index is 1.92. The molecule has 2 fully saturated rings. The van der Waals surface area contributed by atoms with E-state index in [2.05, 4.69) is 0 Å². The van der Waals surface area contributed by atoms with Crippen LogP contribution in [0.1, 0.15) is 33.6 Å². The average Bonchev–Trinajstić information content (AvgIpc) is 2.50. The summed E-state index contributed by atoms with van der Waals surface area (Å²) < 4.78 is 5.24. The number of likely N-dealkylation sites (tertiary alicyclic amines) is 1. The molecule has 0 radical (unpaired) electrons. The fourth-order valence-electron chi connectivity index (χ4n) is 2.68. The third-order valence-electron chi connectivity index (χ3n) is 3.52. The van der Waals surface area contributed by atoms with Gasteiger partial charge in [-0.1, -0.05) is 0 Å². The maximum Gasteiger partial charge on any atom is 0.410 e. The molecule has 2 aliphatic rings. The number of hydrogen-bond acceptors (Lipinski definition) is 4. The highest BCUT2D eigenvalue weighted by molar-refractivity contribution is 5.92. The van der Waals surface area contributed by atoms with Gasteiger partial charge in [-0.05, 0) is 27.2 Å². The van der Waals surface area contributed by atoms with Gasteiger partial charge in [0.05, 0.1) is 5.41 Å². The average molecular weight is 253 g/mol. The highest BCUT2D eigenvalue weighted by Gasteiger charge is 2.56. The van der Waals surface area contributed by atoms with Crippen LogP contribution in [0.5, 0.6) is 0 Å². The van der Waals surface area contributed by atoms with Crippen molar-refractivity contribution in [3.63, 3.8) is 0 Å². The molecule has 0 aromatic carbocycles. The molecule has 5 nitrogen and oxygen atoms in total. The monoisotopic (exact) mass is 253 g/mol. The summed E-state index contributed by atoms with van der Waals surface area (Å²) in [5.41, 5.74) is -0.993. The van der Waals surface area contributed by atoms with Gasteiger partial charge < -0.3 is 14.4 Å². The zero-order chi connectivity index (χ0) is 13.6. The van der Waals surface area contributed by atoms with Gasteiger partial charge in [-0.2, -0.15) is 0 Å². The topological polar surface area (TPSA) is 63.7 Å². The van der Waals surface area contributed by atoms with Gasteiger partial charge in [0.25, 0.3) is 0 Å². The van der Waals surface area contributed by atoms with Gasteiger partial charge in [0.2, 0.25) is 0 Å². The molecule has 1 amide bonds. The molecule has 1 aliphatic carbocycles. The molecule has 1 atom stereocenters. The van der Waals surface area contributed by atoms with Crippen LogP contribution in [0.25, 0.3) is 0 Å². The molecule has 100 valence electrons. The molecule has 0 aromatic rings. The maximum absolute atomic E-state index is 11.9. The Hall–Kier alpha value is -1.39. The van der Waals surface area contributed by atoms with E-state index in [-0.39, 0.29) is 17.8 Å². The van der Waals surface area contributed by atoms with Crippen LogP contribution in [-0.2, 0) is 14.3 Å². The molecule has 1 heterocycles. The van der Waals surface area contributed by atoms with Crippen LogP contribution in [0.4, 0.5) is 4.79 Å². The SMILES string of the molecule is CC(C)(C)OC(=O)N1CC2(CC(C=O)CC2=O)C1. The number of hydrogen-bond donors (Lipinski definition) is 0. The van der Waals surface area contributed by atoms with Crippen LogP contribution in [0, 0.1) is 11.3 Å². The van der Waals surface area contributed by atoms with Crippen molar-refractivity contribution in [2.75, 3.05) is 13.1 Å². The second kappa shape index (κ2) is 4.07. The minimum atomic E-state index is -0.523. The van der Waals surface area contributed by atoms with Crippen molar-refractivity contribution in [3.8, 4) is 0 Å². The quantitative estimate of drug-likeness (QED) is 0.663. The molecule has 0 bridgehead atoms. The third-order valence-corrected chi connectivity index (χ3v) is 3.52. The van der Waals surface area contributed by atoms with Crippen LogP contribution in [0.3, 0.4) is 0 Å². The first-order chi connectivity index (χ1) is 8.26. The van der Waals surface area contributed by atoms with E-state index in [4.69, 9.17) is 4.74 Å². The highest BCUT2D eigenvalue weighted by Crippen LogP contribution is 2.45. The van der Waals surface area contributed by atoms with Crippen molar-refractivity contribution >= 4 is 18.2 Å². The number of ketones is 1. The first kappa shape index (κ1) is 13.1. The molecule has 5 heteroatoms. The van der Waals surface area contributed by atoms with Gasteiger partial charge in [-0.15, -0.1) is 0 Å². The summed E-state index contributed by atoms with van der Waals surface area (Å²) in [7, 11) is 0. The zero-order valence-corrected chi connectivity index (χ0v) is 11.1. The van der Waals surface area contributed by atoms with Gasteiger partial charge in [0.15, 0.2) is 0 Å². The van der Waals surface area contributed by atoms with E-state index in [0.29, 0.717) is 25.9 Å². The Morgan fingerprint density at radius 3 is 2.50 bits per heavy atom. The van der Waals surface area contributed by atoms with Crippen molar-refractivity contribution in [3.05, 3.63) is 0 Å². The highest BCUT2D eigenvalue weighted by atomic mass is 16.6. The molecular formula is C13H19NO4. The molecular weight excluding hydrogens is 234 g/mol. The van der Waals surface area contributed by atoms with Crippen molar-refractivity contribution in [2.24, 2.45) is 11.3 Å². The van der Waals surface area contributed by atoms with Crippen molar-refractivity contribution < 1.29 is 19.1 Å². The predicted molar refractivity (Wildman–Crippen MR) is 64.0 cm³/mol. The fraction of sp³-hybridized carbons (Fsp3) is 0.769. The van der Waals surface area contributed by atoms with E-state index in [1.54, 1.807) is 0 Å². The van der Waals surface area contributed by atoms with Gasteiger partial charge >= 0.3 is 6.09 Å². The van der Waals surface area contributed by atoms with Crippen LogP contribution >= 0.6 is 0 Å². The summed E-state index contributed by atoms with van der Waals surface area (Å²) in [5, 5.41) is 0. The van der Waals surface area contributed by atoms with Crippen LogP contribution in [0.15, 0.2) is 0 Å². The standard InChI is InChI=1S/C13H19NO4/c1-12(2,3)18-11(17)14-7-13(8-14)5-9(6-15)4-10(13)16/h6,9H,4-5,7-8H2,1-3H3. The van der Waals surface area contributed by atoms with Gasteiger partial charge in [0.1, 0.15) is 17.7 Å². The Morgan fingerprint density at radius 1 is 1.44 bits per heavy atom. The molecule has 1 saturated heterocycles. The Kier molecular flexibility index (Phi) is 2.95. The van der Waals surface area contributed by atoms with Crippen LogP contribution in [-0.4, -0.2) is 41.8 Å². The summed E-state index contributed by atoms with van der Waals surface area (Å²) in [6, 6.07) is 0. The Bertz CT molecular complexity index is 390. The molecule has 18 heavy (non-hydrogen) atoms. The lowest BCUT2D eigenvalue weighted by Gasteiger charge is -2.46. The van der Waals surface area contributed by atoms with Crippen LogP contribution < -0.4 is 0 Å². The molecule has 2 rings (SSSR count). The zero-order valence-electron chi connectivity index (χ0n) is 11.1. The lowest BCUT2D eigenvalue weighted by molar-refractivity contribution is -0.134. The molecule has 0 aromatic heterocycles. The number of aldehydes is 1. The van der Waals surface area contributed by atoms with Crippen molar-refractivity contribution in [1.29, 1.82) is 0 Å². The van der Waals surface area contributed by atoms with E-state index in [1.807, 2.05) is 20.8 Å². The van der Waals surface area contributed by atoms with Crippen molar-refractivity contribution in [1.82, 2.24) is 4.90 Å². The van der Waals surface area contributed by atoms with Gasteiger partial charge in [0, 0.05) is 25.4 Å². The third kappa shape index (κ3) is 2.26. The predicted octanol–water partition coefficient (Wildman–Crippen LogP) is 1.40. The number of nitrogens with zero attached hydrogens (tertiary/aromatic N) is 1. The number of Topliss-reactive ketones (excluding diaryl/α,β-unsaturated/α-hetero) is 1. The van der Waals surface area contributed by atoms with Gasteiger partial charge in [-0.25, -0.2) is 4.79 Å². The van der Waals surface area contributed by atoms with E-state index < -0.39 is 11.0 Å². The normalized spacial score (nSPS) is 26.1. The van der Waals surface area contributed by atoms with Crippen molar-refractivity contribution in [2.45, 2.75) is 39.2 Å². The fourth-order valence-corrected chi connectivity index (χ4v) is 2.68. The molecule has 1 unspecified atom stereocenters. The lowest BCUT2D eigenvalue weighted by Crippen LogP contribution is -2.61.